The maximum absolute atomic E-state index is 12.4. The Labute approximate surface area is 144 Å². The summed E-state index contributed by atoms with van der Waals surface area (Å²) in [6.45, 7) is 9.02. The zero-order chi connectivity index (χ0) is 17.7. The highest BCUT2D eigenvalue weighted by Gasteiger charge is 2.15. The van der Waals surface area contributed by atoms with Gasteiger partial charge in [0, 0.05) is 17.9 Å². The number of carbonyl (C=O) groups excluding carboxylic acids is 1. The number of hydrogen-bond acceptors (Lipinski definition) is 2. The zero-order valence-corrected chi connectivity index (χ0v) is 14.9. The number of amides is 2. The molecule has 0 aliphatic carbocycles. The van der Waals surface area contributed by atoms with E-state index in [2.05, 4.69) is 56.5 Å². The second kappa shape index (κ2) is 7.97. The van der Waals surface area contributed by atoms with Crippen molar-refractivity contribution in [2.45, 2.75) is 46.1 Å². The lowest BCUT2D eigenvalue weighted by Gasteiger charge is -2.20. The van der Waals surface area contributed by atoms with E-state index in [4.69, 9.17) is 5.73 Å². The second-order valence-electron chi connectivity index (χ2n) is 6.60. The summed E-state index contributed by atoms with van der Waals surface area (Å²) in [5.74, 6) is 0.672. The van der Waals surface area contributed by atoms with E-state index in [1.807, 2.05) is 24.3 Å². The molecule has 0 aliphatic rings. The molecule has 2 amide bonds. The summed E-state index contributed by atoms with van der Waals surface area (Å²) in [4.78, 5) is 12.4. The van der Waals surface area contributed by atoms with Gasteiger partial charge in [-0.1, -0.05) is 58.0 Å². The third-order valence-electron chi connectivity index (χ3n) is 4.06. The fraction of sp³-hybridized carbons (Fsp3) is 0.350. The van der Waals surface area contributed by atoms with Gasteiger partial charge in [-0.25, -0.2) is 4.79 Å². The van der Waals surface area contributed by atoms with Crippen LogP contribution in [0.1, 0.15) is 56.2 Å². The average Bonchev–Trinajstić information content (AvgIpc) is 2.55. The Morgan fingerprint density at radius 2 is 1.46 bits per heavy atom. The summed E-state index contributed by atoms with van der Waals surface area (Å²) >= 11 is 0. The molecule has 24 heavy (non-hydrogen) atoms. The molecule has 0 heterocycles. The number of para-hydroxylation sites is 1. The number of nitrogens with one attached hydrogen (secondary N) is 2. The van der Waals surface area contributed by atoms with Crippen LogP contribution in [0.4, 0.5) is 16.2 Å². The first-order valence-corrected chi connectivity index (χ1v) is 8.42. The summed E-state index contributed by atoms with van der Waals surface area (Å²) in [6, 6.07) is 13.5. The fourth-order valence-corrected chi connectivity index (χ4v) is 2.70. The zero-order valence-electron chi connectivity index (χ0n) is 14.9. The molecule has 0 atom stereocenters. The summed E-state index contributed by atoms with van der Waals surface area (Å²) in [7, 11) is 0. The van der Waals surface area contributed by atoms with Crippen molar-refractivity contribution in [3.05, 3.63) is 59.2 Å². The van der Waals surface area contributed by atoms with Gasteiger partial charge < -0.3 is 16.4 Å². The van der Waals surface area contributed by atoms with E-state index in [1.54, 1.807) is 0 Å². The molecule has 0 aliphatic heterocycles. The number of anilines is 2. The van der Waals surface area contributed by atoms with Crippen LogP contribution in [0.25, 0.3) is 0 Å². The van der Waals surface area contributed by atoms with Crippen LogP contribution in [0, 0.1) is 0 Å². The molecule has 0 bridgehead atoms. The van der Waals surface area contributed by atoms with Crippen molar-refractivity contribution in [3.63, 3.8) is 0 Å². The highest BCUT2D eigenvalue weighted by Crippen LogP contribution is 2.32. The van der Waals surface area contributed by atoms with Gasteiger partial charge in [0.05, 0.1) is 0 Å². The molecule has 0 spiro atoms. The number of hydrogen-bond donors (Lipinski definition) is 3. The lowest BCUT2D eigenvalue weighted by molar-refractivity contribution is 0.262. The molecule has 0 saturated heterocycles. The van der Waals surface area contributed by atoms with Crippen molar-refractivity contribution < 1.29 is 4.79 Å². The van der Waals surface area contributed by atoms with E-state index in [0.717, 1.165) is 28.1 Å². The quantitative estimate of drug-likeness (QED) is 0.721. The smallest absolute Gasteiger partial charge is 0.323 e. The van der Waals surface area contributed by atoms with E-state index in [-0.39, 0.29) is 6.03 Å². The number of benzene rings is 2. The average molecular weight is 325 g/mol. The van der Waals surface area contributed by atoms with Gasteiger partial charge in [0.25, 0.3) is 0 Å². The van der Waals surface area contributed by atoms with Crippen molar-refractivity contribution in [3.8, 4) is 0 Å². The lowest BCUT2D eigenvalue weighted by Crippen LogP contribution is -2.21. The van der Waals surface area contributed by atoms with E-state index in [0.29, 0.717) is 18.4 Å². The molecule has 0 unspecified atom stereocenters. The molecule has 2 aromatic carbocycles. The van der Waals surface area contributed by atoms with Crippen molar-refractivity contribution in [2.24, 2.45) is 5.73 Å². The molecule has 4 nitrogen and oxygen atoms in total. The molecular weight excluding hydrogens is 298 g/mol. The Bertz CT molecular complexity index is 664. The number of carbonyl (C=O) groups is 1. The molecule has 2 aromatic rings. The molecule has 128 valence electrons. The molecule has 2 rings (SSSR count). The Hall–Kier alpha value is -2.33. The monoisotopic (exact) mass is 325 g/mol. The van der Waals surface area contributed by atoms with Gasteiger partial charge in [-0.15, -0.1) is 0 Å². The number of rotatable bonds is 5. The number of urea groups is 1. The third-order valence-corrected chi connectivity index (χ3v) is 4.06. The van der Waals surface area contributed by atoms with Crippen LogP contribution in [0.5, 0.6) is 0 Å². The van der Waals surface area contributed by atoms with Crippen LogP contribution < -0.4 is 16.4 Å². The Morgan fingerprint density at radius 3 is 1.92 bits per heavy atom. The first-order chi connectivity index (χ1) is 11.4. The van der Waals surface area contributed by atoms with E-state index < -0.39 is 0 Å². The maximum Gasteiger partial charge on any atom is 0.323 e. The van der Waals surface area contributed by atoms with Crippen molar-refractivity contribution in [1.29, 1.82) is 0 Å². The van der Waals surface area contributed by atoms with Crippen LogP contribution >= 0.6 is 0 Å². The first-order valence-electron chi connectivity index (χ1n) is 8.42. The van der Waals surface area contributed by atoms with Gasteiger partial charge >= 0.3 is 6.03 Å². The van der Waals surface area contributed by atoms with Crippen LogP contribution in [-0.4, -0.2) is 6.03 Å². The molecule has 4 heteroatoms. The minimum Gasteiger partial charge on any atom is -0.326 e. The molecular formula is C20H27N3O. The van der Waals surface area contributed by atoms with Gasteiger partial charge in [-0.2, -0.15) is 0 Å². The van der Waals surface area contributed by atoms with E-state index >= 15 is 0 Å². The topological polar surface area (TPSA) is 67.2 Å². The Morgan fingerprint density at radius 1 is 0.917 bits per heavy atom. The maximum atomic E-state index is 12.4. The lowest BCUT2D eigenvalue weighted by atomic mass is 9.93. The molecule has 4 N–H and O–H groups in total. The van der Waals surface area contributed by atoms with Gasteiger partial charge in [-0.3, -0.25) is 0 Å². The first kappa shape index (κ1) is 18.0. The molecule has 0 saturated carbocycles. The van der Waals surface area contributed by atoms with Crippen molar-refractivity contribution >= 4 is 17.4 Å². The molecule has 0 aromatic heterocycles. The van der Waals surface area contributed by atoms with Gasteiger partial charge in [0.1, 0.15) is 0 Å². The van der Waals surface area contributed by atoms with Crippen LogP contribution in [0.3, 0.4) is 0 Å². The predicted octanol–water partition coefficient (Wildman–Crippen LogP) is 5.04. The molecule has 0 radical (unpaired) electrons. The summed E-state index contributed by atoms with van der Waals surface area (Å²) < 4.78 is 0. The highest BCUT2D eigenvalue weighted by molar-refractivity contribution is 6.00. The standard InChI is InChI=1S/C20H27N3O/c1-13(2)17-6-5-7-18(14(3)4)19(17)23-20(24)22-16-10-8-15(12-21)9-11-16/h5-11,13-14H,12,21H2,1-4H3,(H2,22,23,24). The largest absolute Gasteiger partial charge is 0.326 e. The molecule has 0 fully saturated rings. The normalized spacial score (nSPS) is 11.0. The van der Waals surface area contributed by atoms with Gasteiger partial charge in [0.15, 0.2) is 0 Å². The Kier molecular flexibility index (Phi) is 5.99. The highest BCUT2D eigenvalue weighted by atomic mass is 16.2. The van der Waals surface area contributed by atoms with E-state index in [9.17, 15) is 4.79 Å². The fourth-order valence-electron chi connectivity index (χ4n) is 2.70. The minimum atomic E-state index is -0.231. The van der Waals surface area contributed by atoms with Crippen LogP contribution in [0.2, 0.25) is 0 Å². The summed E-state index contributed by atoms with van der Waals surface area (Å²) in [6.07, 6.45) is 0. The predicted molar refractivity (Wildman–Crippen MR) is 102 cm³/mol. The Balaban J connectivity index is 2.21. The van der Waals surface area contributed by atoms with Crippen LogP contribution in [-0.2, 0) is 6.54 Å². The van der Waals surface area contributed by atoms with Crippen LogP contribution in [0.15, 0.2) is 42.5 Å². The summed E-state index contributed by atoms with van der Waals surface area (Å²) in [5.41, 5.74) is 10.6. The minimum absolute atomic E-state index is 0.231. The van der Waals surface area contributed by atoms with Gasteiger partial charge in [0.2, 0.25) is 0 Å². The summed E-state index contributed by atoms with van der Waals surface area (Å²) in [5, 5.41) is 5.93. The van der Waals surface area contributed by atoms with Crippen molar-refractivity contribution in [2.75, 3.05) is 10.6 Å². The second-order valence-corrected chi connectivity index (χ2v) is 6.60. The van der Waals surface area contributed by atoms with Gasteiger partial charge in [-0.05, 0) is 40.7 Å². The van der Waals surface area contributed by atoms with Crippen molar-refractivity contribution in [1.82, 2.24) is 0 Å². The SMILES string of the molecule is CC(C)c1cccc(C(C)C)c1NC(=O)Nc1ccc(CN)cc1. The third kappa shape index (κ3) is 4.36. The number of nitrogens with two attached hydrogens (primary N) is 1. The van der Waals surface area contributed by atoms with E-state index in [1.165, 1.54) is 0 Å².